The average molecular weight is 338 g/mol. The molecular formula is C15H16F2N4O3. The van der Waals surface area contributed by atoms with Gasteiger partial charge in [0.2, 0.25) is 6.41 Å². The smallest absolute Gasteiger partial charge is 0.387 e. The quantitative estimate of drug-likeness (QED) is 0.369. The third-order valence-corrected chi connectivity index (χ3v) is 2.93. The van der Waals surface area contributed by atoms with E-state index >= 15 is 0 Å². The second-order valence-corrected chi connectivity index (χ2v) is 4.47. The first-order valence-corrected chi connectivity index (χ1v) is 6.84. The van der Waals surface area contributed by atoms with E-state index in [0.29, 0.717) is 23.4 Å². The second kappa shape index (κ2) is 8.65. The molecule has 3 N–H and O–H groups in total. The summed E-state index contributed by atoms with van der Waals surface area (Å²) in [5, 5.41) is 1.48. The first kappa shape index (κ1) is 17.4. The van der Waals surface area contributed by atoms with E-state index in [4.69, 9.17) is 4.42 Å². The van der Waals surface area contributed by atoms with Gasteiger partial charge in [-0.3, -0.25) is 15.2 Å². The first-order chi connectivity index (χ1) is 11.6. The zero-order valence-electron chi connectivity index (χ0n) is 12.7. The zero-order valence-corrected chi connectivity index (χ0v) is 12.7. The van der Waals surface area contributed by atoms with Crippen LogP contribution in [0.15, 0.2) is 41.0 Å². The van der Waals surface area contributed by atoms with E-state index in [2.05, 4.69) is 21.2 Å². The lowest BCUT2D eigenvalue weighted by atomic mass is 10.1. The summed E-state index contributed by atoms with van der Waals surface area (Å²) in [6, 6.07) is 8.13. The van der Waals surface area contributed by atoms with Gasteiger partial charge in [0, 0.05) is 12.6 Å². The molecule has 2 aromatic rings. The Labute approximate surface area is 136 Å². The third-order valence-electron chi connectivity index (χ3n) is 2.93. The van der Waals surface area contributed by atoms with Gasteiger partial charge in [0.05, 0.1) is 12.0 Å². The number of benzene rings is 1. The fourth-order valence-corrected chi connectivity index (χ4v) is 1.95. The van der Waals surface area contributed by atoms with Crippen LogP contribution >= 0.6 is 0 Å². The molecule has 7 nitrogen and oxygen atoms in total. The number of halogens is 2. The van der Waals surface area contributed by atoms with E-state index in [-0.39, 0.29) is 5.75 Å². The minimum atomic E-state index is -2.95. The van der Waals surface area contributed by atoms with Gasteiger partial charge in [-0.05, 0) is 36.4 Å². The summed E-state index contributed by atoms with van der Waals surface area (Å²) >= 11 is 0. The molecule has 0 bridgehead atoms. The number of hydrazine groups is 3. The number of nitrogens with zero attached hydrogens (tertiary/aromatic N) is 1. The predicted molar refractivity (Wildman–Crippen MR) is 84.6 cm³/mol. The van der Waals surface area contributed by atoms with Crippen LogP contribution in [-0.4, -0.2) is 20.1 Å². The molecule has 0 radical (unpaired) electrons. The maximum absolute atomic E-state index is 12.6. The molecule has 1 amide bonds. The van der Waals surface area contributed by atoms with Crippen LogP contribution in [0, 0.1) is 0 Å². The van der Waals surface area contributed by atoms with Gasteiger partial charge in [-0.25, -0.2) is 0 Å². The first-order valence-electron chi connectivity index (χ1n) is 6.84. The van der Waals surface area contributed by atoms with Gasteiger partial charge in [0.15, 0.2) is 0 Å². The summed E-state index contributed by atoms with van der Waals surface area (Å²) in [4.78, 5) is 10.2. The highest BCUT2D eigenvalue weighted by atomic mass is 19.3. The van der Waals surface area contributed by atoms with Gasteiger partial charge in [0.1, 0.15) is 11.5 Å². The lowest BCUT2D eigenvalue weighted by molar-refractivity contribution is -0.110. The largest absolute Gasteiger partial charge is 0.465 e. The number of nitrogens with one attached hydrogen (secondary N) is 3. The molecule has 0 aliphatic heterocycles. The number of carbonyl (C=O) groups excluding carboxylic acids is 1. The van der Waals surface area contributed by atoms with E-state index in [0.717, 1.165) is 0 Å². The molecule has 2 rings (SSSR count). The van der Waals surface area contributed by atoms with E-state index in [1.54, 1.807) is 43.5 Å². The van der Waals surface area contributed by atoms with Crippen molar-refractivity contribution in [2.24, 2.45) is 0 Å². The number of hydrogen-bond acceptors (Lipinski definition) is 6. The highest BCUT2D eigenvalue weighted by Crippen LogP contribution is 2.31. The minimum Gasteiger partial charge on any atom is -0.465 e. The number of anilines is 1. The Morgan fingerprint density at radius 3 is 2.75 bits per heavy atom. The summed E-state index contributed by atoms with van der Waals surface area (Å²) in [5.74, 6) is 0.562. The Balaban J connectivity index is 2.32. The van der Waals surface area contributed by atoms with Gasteiger partial charge >= 0.3 is 6.61 Å². The normalized spacial score (nSPS) is 11.0. The van der Waals surface area contributed by atoms with Crippen LogP contribution in [0.25, 0.3) is 12.2 Å². The molecule has 1 aromatic carbocycles. The van der Waals surface area contributed by atoms with Gasteiger partial charge in [-0.2, -0.15) is 19.9 Å². The van der Waals surface area contributed by atoms with Crippen LogP contribution in [0.1, 0.15) is 11.3 Å². The maximum Gasteiger partial charge on any atom is 0.387 e. The van der Waals surface area contributed by atoms with Crippen LogP contribution in [0.2, 0.25) is 0 Å². The number of furan rings is 1. The Morgan fingerprint density at radius 1 is 1.25 bits per heavy atom. The fraction of sp³-hybridized carbons (Fsp3) is 0.133. The highest BCUT2D eigenvalue weighted by molar-refractivity contribution is 5.79. The van der Waals surface area contributed by atoms with Crippen molar-refractivity contribution in [3.8, 4) is 5.75 Å². The number of rotatable bonds is 9. The van der Waals surface area contributed by atoms with Crippen LogP contribution in [0.4, 0.5) is 14.5 Å². The molecule has 1 heterocycles. The standard InChI is InChI=1S/C15H16F2N4O3/c1-21(20-19-18-10-22)13-5-2-6-14(24-15(16)17)12(13)8-7-11-4-3-9-23-11/h2-10,15,19-20H,1H3,(H,18,22)/b8-7+. The molecule has 0 aliphatic carbocycles. The Bertz CT molecular complexity index is 677. The molecule has 9 heteroatoms. The lowest BCUT2D eigenvalue weighted by Crippen LogP contribution is -2.51. The van der Waals surface area contributed by atoms with Gasteiger partial charge in [-0.1, -0.05) is 6.07 Å². The van der Waals surface area contributed by atoms with E-state index in [1.165, 1.54) is 17.3 Å². The number of ether oxygens (including phenoxy) is 1. The molecule has 0 spiro atoms. The SMILES string of the molecule is CN(NNNC=O)c1cccc(OC(F)F)c1/C=C/c1ccco1. The molecule has 0 saturated heterocycles. The number of carbonyl (C=O) groups is 1. The van der Waals surface area contributed by atoms with Crippen molar-refractivity contribution in [1.29, 1.82) is 0 Å². The molecule has 0 aliphatic rings. The van der Waals surface area contributed by atoms with Crippen LogP contribution in [0.3, 0.4) is 0 Å². The predicted octanol–water partition coefficient (Wildman–Crippen LogP) is 2.16. The molecule has 0 saturated carbocycles. The molecule has 0 fully saturated rings. The summed E-state index contributed by atoms with van der Waals surface area (Å²) in [7, 11) is 1.63. The number of hydrogen-bond donors (Lipinski definition) is 3. The van der Waals surface area contributed by atoms with Crippen molar-refractivity contribution < 1.29 is 22.7 Å². The van der Waals surface area contributed by atoms with Crippen LogP contribution in [-0.2, 0) is 4.79 Å². The van der Waals surface area contributed by atoms with E-state index < -0.39 is 6.61 Å². The average Bonchev–Trinajstić information content (AvgIpc) is 3.06. The summed E-state index contributed by atoms with van der Waals surface area (Å²) in [6.45, 7) is -2.95. The fourth-order valence-electron chi connectivity index (χ4n) is 1.95. The lowest BCUT2D eigenvalue weighted by Gasteiger charge is -2.23. The molecular weight excluding hydrogens is 322 g/mol. The van der Waals surface area contributed by atoms with Gasteiger partial charge < -0.3 is 9.15 Å². The molecule has 0 atom stereocenters. The van der Waals surface area contributed by atoms with Crippen molar-refractivity contribution in [2.45, 2.75) is 6.61 Å². The summed E-state index contributed by atoms with van der Waals surface area (Å²) in [6.07, 6.45) is 5.17. The van der Waals surface area contributed by atoms with Gasteiger partial charge in [0.25, 0.3) is 0 Å². The van der Waals surface area contributed by atoms with E-state index in [1.807, 2.05) is 0 Å². The monoisotopic (exact) mass is 338 g/mol. The zero-order chi connectivity index (χ0) is 17.4. The molecule has 128 valence electrons. The van der Waals surface area contributed by atoms with Crippen molar-refractivity contribution in [3.05, 3.63) is 47.9 Å². The van der Waals surface area contributed by atoms with E-state index in [9.17, 15) is 13.6 Å². The number of amides is 1. The Hall–Kier alpha value is -2.91. The van der Waals surface area contributed by atoms with Crippen molar-refractivity contribution in [1.82, 2.24) is 16.5 Å². The van der Waals surface area contributed by atoms with Crippen LogP contribution < -0.4 is 26.2 Å². The maximum atomic E-state index is 12.6. The molecule has 24 heavy (non-hydrogen) atoms. The molecule has 0 unspecified atom stereocenters. The second-order valence-electron chi connectivity index (χ2n) is 4.47. The number of alkyl halides is 2. The molecule has 1 aromatic heterocycles. The Kier molecular flexibility index (Phi) is 6.29. The van der Waals surface area contributed by atoms with Crippen LogP contribution in [0.5, 0.6) is 5.75 Å². The summed E-state index contributed by atoms with van der Waals surface area (Å²) in [5.41, 5.74) is 8.20. The Morgan fingerprint density at radius 2 is 2.08 bits per heavy atom. The summed E-state index contributed by atoms with van der Waals surface area (Å²) < 4.78 is 35.0. The van der Waals surface area contributed by atoms with Crippen molar-refractivity contribution in [3.63, 3.8) is 0 Å². The van der Waals surface area contributed by atoms with Crippen molar-refractivity contribution >= 4 is 24.2 Å². The third kappa shape index (κ3) is 4.80. The van der Waals surface area contributed by atoms with Crippen molar-refractivity contribution in [2.75, 3.05) is 12.1 Å². The van der Waals surface area contributed by atoms with Gasteiger partial charge in [-0.15, -0.1) is 0 Å². The highest BCUT2D eigenvalue weighted by Gasteiger charge is 2.14. The minimum absolute atomic E-state index is 0.00213. The topological polar surface area (TPSA) is 78.8 Å².